The van der Waals surface area contributed by atoms with Crippen molar-refractivity contribution >= 4 is 11.9 Å². The lowest BCUT2D eigenvalue weighted by molar-refractivity contribution is -0.163. The molecule has 0 spiro atoms. The Labute approximate surface area is 371 Å². The van der Waals surface area contributed by atoms with Gasteiger partial charge in [0, 0.05) is 19.4 Å². The van der Waals surface area contributed by atoms with Gasteiger partial charge in [-0.05, 0) is 109 Å². The van der Waals surface area contributed by atoms with E-state index in [2.05, 4.69) is 106 Å². The number of carbonyl (C=O) groups excluding carboxylic acids is 2. The van der Waals surface area contributed by atoms with Crippen LogP contribution in [0.1, 0.15) is 226 Å². The predicted molar refractivity (Wildman–Crippen MR) is 260 cm³/mol. The quantitative estimate of drug-likeness (QED) is 0.0347. The van der Waals surface area contributed by atoms with Crippen LogP contribution in [-0.2, 0) is 23.8 Å². The Morgan fingerprint density at radius 1 is 0.383 bits per heavy atom. The highest BCUT2D eigenvalue weighted by Crippen LogP contribution is 2.13. The third-order valence-corrected chi connectivity index (χ3v) is 10.4. The Morgan fingerprint density at radius 3 is 1.23 bits per heavy atom. The zero-order valence-corrected chi connectivity index (χ0v) is 39.5. The van der Waals surface area contributed by atoms with Crippen molar-refractivity contribution in [3.05, 3.63) is 85.1 Å². The number of carbonyl (C=O) groups is 2. The van der Waals surface area contributed by atoms with Crippen LogP contribution in [0.3, 0.4) is 0 Å². The summed E-state index contributed by atoms with van der Waals surface area (Å²) in [5.74, 6) is -0.450. The normalized spacial score (nSPS) is 12.9. The van der Waals surface area contributed by atoms with Crippen LogP contribution in [0, 0.1) is 0 Å². The highest BCUT2D eigenvalue weighted by Gasteiger charge is 2.17. The van der Waals surface area contributed by atoms with Gasteiger partial charge in [-0.3, -0.25) is 9.59 Å². The highest BCUT2D eigenvalue weighted by atomic mass is 16.6. The van der Waals surface area contributed by atoms with Crippen LogP contribution in [0.2, 0.25) is 0 Å². The molecular weight excluding hydrogens is 741 g/mol. The van der Waals surface area contributed by atoms with Gasteiger partial charge in [0.15, 0.2) is 6.10 Å². The number of esters is 2. The topological polar surface area (TPSA) is 61.8 Å². The van der Waals surface area contributed by atoms with Crippen LogP contribution in [0.15, 0.2) is 85.1 Å². The van der Waals surface area contributed by atoms with Gasteiger partial charge in [0.25, 0.3) is 0 Å². The molecule has 0 radical (unpaired) electrons. The van der Waals surface area contributed by atoms with Crippen molar-refractivity contribution in [2.75, 3.05) is 19.8 Å². The van der Waals surface area contributed by atoms with E-state index in [-0.39, 0.29) is 25.2 Å². The average Bonchev–Trinajstić information content (AvgIpc) is 3.25. The molecule has 0 aliphatic heterocycles. The number of hydrogen-bond donors (Lipinski definition) is 0. The van der Waals surface area contributed by atoms with Gasteiger partial charge in [0.2, 0.25) is 0 Å². The third kappa shape index (κ3) is 47.8. The molecule has 0 fully saturated rings. The molecule has 1 unspecified atom stereocenters. The summed E-state index contributed by atoms with van der Waals surface area (Å²) in [7, 11) is 0. The smallest absolute Gasteiger partial charge is 0.306 e. The van der Waals surface area contributed by atoms with Crippen molar-refractivity contribution in [3.63, 3.8) is 0 Å². The summed E-state index contributed by atoms with van der Waals surface area (Å²) in [5, 5.41) is 0. The molecule has 0 aromatic heterocycles. The maximum Gasteiger partial charge on any atom is 0.306 e. The summed E-state index contributed by atoms with van der Waals surface area (Å²) < 4.78 is 17.3. The standard InChI is InChI=1S/C55H94O5/c1-4-7-10-13-16-19-22-25-27-29-32-35-38-41-44-47-50-58-51-53(60-55(57)49-46-43-40-37-34-30-24-21-18-15-12-9-6-3)52-59-54(56)48-45-42-39-36-33-31-28-26-23-20-17-14-11-8-5-2/h7,9-10,12,16,18-19,21,25-28,30,34,53H,4-6,8,11,13-15,17,20,22-24,29,31-33,35-52H2,1-3H3/b10-7-,12-9-,19-16-,21-18-,27-25-,28-26-,34-30-. The molecule has 0 amide bonds. The summed E-state index contributed by atoms with van der Waals surface area (Å²) in [4.78, 5) is 25.3. The minimum atomic E-state index is -0.564. The molecule has 1 atom stereocenters. The van der Waals surface area contributed by atoms with Crippen molar-refractivity contribution in [1.82, 2.24) is 0 Å². The van der Waals surface area contributed by atoms with Gasteiger partial charge in [-0.15, -0.1) is 0 Å². The molecule has 0 aliphatic rings. The summed E-state index contributed by atoms with van der Waals surface area (Å²) in [5.41, 5.74) is 0. The molecule has 60 heavy (non-hydrogen) atoms. The second-order valence-electron chi connectivity index (χ2n) is 16.3. The lowest BCUT2D eigenvalue weighted by Gasteiger charge is -2.18. The summed E-state index contributed by atoms with van der Waals surface area (Å²) in [6.07, 6.45) is 65.9. The average molecular weight is 835 g/mol. The van der Waals surface area contributed by atoms with Crippen LogP contribution < -0.4 is 0 Å². The number of allylic oxidation sites excluding steroid dienone is 14. The summed E-state index contributed by atoms with van der Waals surface area (Å²) in [6, 6.07) is 0. The molecule has 0 heterocycles. The minimum absolute atomic E-state index is 0.0603. The van der Waals surface area contributed by atoms with E-state index >= 15 is 0 Å². The number of rotatable bonds is 45. The minimum Gasteiger partial charge on any atom is -0.462 e. The van der Waals surface area contributed by atoms with Crippen molar-refractivity contribution in [2.24, 2.45) is 0 Å². The first-order valence-electron chi connectivity index (χ1n) is 25.1. The fourth-order valence-electron chi connectivity index (χ4n) is 6.71. The Hall–Kier alpha value is -2.92. The van der Waals surface area contributed by atoms with E-state index in [9.17, 15) is 9.59 Å². The molecule has 5 nitrogen and oxygen atoms in total. The Balaban J connectivity index is 4.34. The molecule has 344 valence electrons. The molecule has 0 N–H and O–H groups in total. The number of hydrogen-bond acceptors (Lipinski definition) is 5. The monoisotopic (exact) mass is 835 g/mol. The van der Waals surface area contributed by atoms with Crippen molar-refractivity contribution < 1.29 is 23.8 Å². The van der Waals surface area contributed by atoms with Gasteiger partial charge in [-0.2, -0.15) is 0 Å². The summed E-state index contributed by atoms with van der Waals surface area (Å²) >= 11 is 0. The largest absolute Gasteiger partial charge is 0.462 e. The van der Waals surface area contributed by atoms with Gasteiger partial charge < -0.3 is 14.2 Å². The molecule has 0 saturated heterocycles. The first-order valence-corrected chi connectivity index (χ1v) is 25.1. The van der Waals surface area contributed by atoms with Crippen LogP contribution in [-0.4, -0.2) is 37.9 Å². The van der Waals surface area contributed by atoms with Gasteiger partial charge in [-0.25, -0.2) is 0 Å². The van der Waals surface area contributed by atoms with Crippen LogP contribution in [0.25, 0.3) is 0 Å². The fourth-order valence-corrected chi connectivity index (χ4v) is 6.71. The molecule has 0 rings (SSSR count). The Kier molecular flexibility index (Phi) is 48.0. The van der Waals surface area contributed by atoms with Crippen molar-refractivity contribution in [1.29, 1.82) is 0 Å². The van der Waals surface area contributed by atoms with Crippen molar-refractivity contribution in [3.8, 4) is 0 Å². The zero-order valence-electron chi connectivity index (χ0n) is 39.5. The van der Waals surface area contributed by atoms with E-state index in [1.807, 2.05) is 0 Å². The van der Waals surface area contributed by atoms with E-state index in [0.29, 0.717) is 19.4 Å². The third-order valence-electron chi connectivity index (χ3n) is 10.4. The molecule has 5 heteroatoms. The van der Waals surface area contributed by atoms with Crippen LogP contribution in [0.4, 0.5) is 0 Å². The van der Waals surface area contributed by atoms with E-state index in [4.69, 9.17) is 14.2 Å². The number of unbranched alkanes of at least 4 members (excludes halogenated alkanes) is 20. The second kappa shape index (κ2) is 50.4. The SMILES string of the molecule is CC/C=C\C/C=C\C/C=C\CCCCCCCCOCC(COC(=O)CCCCCCC/C=C\CCCCCCCC)OC(=O)CCCCC/C=C\C/C=C\C/C=C\CC. The first kappa shape index (κ1) is 57.1. The second-order valence-corrected chi connectivity index (χ2v) is 16.3. The van der Waals surface area contributed by atoms with E-state index in [1.165, 1.54) is 83.5 Å². The zero-order chi connectivity index (χ0) is 43.5. The Morgan fingerprint density at radius 2 is 0.750 bits per heavy atom. The van der Waals surface area contributed by atoms with E-state index in [0.717, 1.165) is 109 Å². The van der Waals surface area contributed by atoms with Gasteiger partial charge >= 0.3 is 11.9 Å². The summed E-state index contributed by atoms with van der Waals surface area (Å²) in [6.45, 7) is 7.53. The van der Waals surface area contributed by atoms with Gasteiger partial charge in [0.05, 0.1) is 6.61 Å². The van der Waals surface area contributed by atoms with Gasteiger partial charge in [0.1, 0.15) is 6.61 Å². The maximum atomic E-state index is 12.8. The molecule has 0 aromatic rings. The molecule has 0 bridgehead atoms. The van der Waals surface area contributed by atoms with E-state index < -0.39 is 6.10 Å². The molecule has 0 aliphatic carbocycles. The fraction of sp³-hybridized carbons (Fsp3) is 0.709. The molecular formula is C55H94O5. The van der Waals surface area contributed by atoms with Gasteiger partial charge in [-0.1, -0.05) is 189 Å². The Bertz CT molecular complexity index is 1130. The maximum absolute atomic E-state index is 12.8. The van der Waals surface area contributed by atoms with Crippen LogP contribution >= 0.6 is 0 Å². The van der Waals surface area contributed by atoms with E-state index in [1.54, 1.807) is 0 Å². The lowest BCUT2D eigenvalue weighted by atomic mass is 10.1. The van der Waals surface area contributed by atoms with Crippen LogP contribution in [0.5, 0.6) is 0 Å². The van der Waals surface area contributed by atoms with Crippen molar-refractivity contribution in [2.45, 2.75) is 232 Å². The molecule has 0 aromatic carbocycles. The molecule has 0 saturated carbocycles. The first-order chi connectivity index (χ1) is 29.6. The predicted octanol–water partition coefficient (Wildman–Crippen LogP) is 16.9. The highest BCUT2D eigenvalue weighted by molar-refractivity contribution is 5.70. The lowest BCUT2D eigenvalue weighted by Crippen LogP contribution is -2.30. The number of ether oxygens (including phenoxy) is 3.